The third-order valence-electron chi connectivity index (χ3n) is 3.67. The Bertz CT molecular complexity index is 747. The van der Waals surface area contributed by atoms with E-state index in [1.807, 2.05) is 19.9 Å². The normalized spacial score (nSPS) is 12.1. The summed E-state index contributed by atoms with van der Waals surface area (Å²) in [4.78, 5) is 4.32. The number of aliphatic imine (C=N–C) groups is 1. The third-order valence-corrected chi connectivity index (χ3v) is 3.97. The zero-order valence-corrected chi connectivity index (χ0v) is 14.7. The summed E-state index contributed by atoms with van der Waals surface area (Å²) in [5.41, 5.74) is 6.75. The minimum absolute atomic E-state index is 0.237. The van der Waals surface area contributed by atoms with Gasteiger partial charge in [0.2, 0.25) is 0 Å². The molecule has 0 aliphatic carbocycles. The van der Waals surface area contributed by atoms with E-state index in [0.29, 0.717) is 28.6 Å². The van der Waals surface area contributed by atoms with Crippen molar-refractivity contribution in [2.45, 2.75) is 19.3 Å². The van der Waals surface area contributed by atoms with E-state index >= 15 is 0 Å². The number of guanidine groups is 1. The Balaban J connectivity index is 2.08. The van der Waals surface area contributed by atoms with Gasteiger partial charge in [-0.05, 0) is 29.8 Å². The summed E-state index contributed by atoms with van der Waals surface area (Å²) in [6.07, 6.45) is 0. The van der Waals surface area contributed by atoms with Crippen molar-refractivity contribution in [2.24, 2.45) is 10.7 Å². The average molecular weight is 350 g/mol. The number of rotatable bonds is 5. The predicted molar refractivity (Wildman–Crippen MR) is 97.5 cm³/mol. The molecule has 0 atom stereocenters. The summed E-state index contributed by atoms with van der Waals surface area (Å²) in [7, 11) is 1.55. The fourth-order valence-electron chi connectivity index (χ4n) is 2.31. The molecule has 3 N–H and O–H groups in total. The molecule has 4 nitrogen and oxygen atoms in total. The van der Waals surface area contributed by atoms with Crippen LogP contribution in [0.15, 0.2) is 47.5 Å². The number of nitrogens with one attached hydrogen (secondary N) is 1. The topological polar surface area (TPSA) is 59.6 Å². The van der Waals surface area contributed by atoms with Crippen molar-refractivity contribution in [3.05, 3.63) is 58.9 Å². The van der Waals surface area contributed by atoms with Crippen molar-refractivity contribution in [3.8, 4) is 5.75 Å². The highest BCUT2D eigenvalue weighted by molar-refractivity contribution is 6.32. The zero-order valence-electron chi connectivity index (χ0n) is 13.9. The van der Waals surface area contributed by atoms with E-state index in [-0.39, 0.29) is 11.8 Å². The van der Waals surface area contributed by atoms with E-state index in [1.165, 1.54) is 6.07 Å². The fourth-order valence-corrected chi connectivity index (χ4v) is 2.57. The van der Waals surface area contributed by atoms with Crippen molar-refractivity contribution >= 4 is 23.2 Å². The molecule has 0 aromatic heterocycles. The summed E-state index contributed by atoms with van der Waals surface area (Å²) >= 11 is 6.07. The van der Waals surface area contributed by atoms with Crippen LogP contribution in [0.4, 0.5) is 10.1 Å². The minimum atomic E-state index is -0.477. The van der Waals surface area contributed by atoms with Crippen LogP contribution in [0.25, 0.3) is 0 Å². The van der Waals surface area contributed by atoms with Gasteiger partial charge < -0.3 is 15.8 Å². The van der Waals surface area contributed by atoms with Crippen LogP contribution in [-0.2, 0) is 5.41 Å². The van der Waals surface area contributed by atoms with Gasteiger partial charge in [0.25, 0.3) is 0 Å². The molecule has 0 aliphatic heterocycles. The zero-order chi connectivity index (χ0) is 17.7. The summed E-state index contributed by atoms with van der Waals surface area (Å²) in [6.45, 7) is 4.19. The second-order valence-electron chi connectivity index (χ2n) is 6.04. The Morgan fingerprint density at radius 1 is 1.29 bits per heavy atom. The first-order valence-corrected chi connectivity index (χ1v) is 7.87. The molecule has 2 rings (SSSR count). The summed E-state index contributed by atoms with van der Waals surface area (Å²) in [5, 5.41) is 3.44. The highest BCUT2D eigenvalue weighted by Crippen LogP contribution is 2.28. The molecule has 0 fully saturated rings. The van der Waals surface area contributed by atoms with E-state index < -0.39 is 5.41 Å². The molecular formula is C18H21ClFN3O. The SMILES string of the molecule is COc1ccc(NC(N)=NCC(C)(C)c2ccccc2F)cc1Cl. The molecule has 128 valence electrons. The molecule has 2 aromatic carbocycles. The largest absolute Gasteiger partial charge is 0.495 e. The number of nitrogens with two attached hydrogens (primary N) is 1. The van der Waals surface area contributed by atoms with Gasteiger partial charge in [-0.15, -0.1) is 0 Å². The Labute approximate surface area is 146 Å². The Hall–Kier alpha value is -2.27. The predicted octanol–water partition coefficient (Wildman–Crippen LogP) is 4.19. The monoisotopic (exact) mass is 349 g/mol. The first-order chi connectivity index (χ1) is 11.3. The molecule has 0 aliphatic rings. The summed E-state index contributed by atoms with van der Waals surface area (Å²) < 4.78 is 19.1. The van der Waals surface area contributed by atoms with Crippen LogP contribution >= 0.6 is 11.6 Å². The molecular weight excluding hydrogens is 329 g/mol. The number of anilines is 1. The molecule has 0 radical (unpaired) electrons. The van der Waals surface area contributed by atoms with Crippen molar-refractivity contribution in [3.63, 3.8) is 0 Å². The lowest BCUT2D eigenvalue weighted by Gasteiger charge is -2.23. The van der Waals surface area contributed by atoms with Gasteiger partial charge in [-0.25, -0.2) is 4.39 Å². The molecule has 0 bridgehead atoms. The highest BCUT2D eigenvalue weighted by atomic mass is 35.5. The molecule has 0 heterocycles. The van der Waals surface area contributed by atoms with Crippen molar-refractivity contribution in [1.29, 1.82) is 0 Å². The molecule has 6 heteroatoms. The number of nitrogens with zero attached hydrogens (tertiary/aromatic N) is 1. The van der Waals surface area contributed by atoms with Crippen LogP contribution in [0.1, 0.15) is 19.4 Å². The van der Waals surface area contributed by atoms with Crippen LogP contribution < -0.4 is 15.8 Å². The summed E-state index contributed by atoms with van der Waals surface area (Å²) in [6, 6.07) is 11.9. The van der Waals surface area contributed by atoms with Crippen LogP contribution in [-0.4, -0.2) is 19.6 Å². The number of methoxy groups -OCH3 is 1. The van der Waals surface area contributed by atoms with Gasteiger partial charge in [-0.2, -0.15) is 0 Å². The van der Waals surface area contributed by atoms with Gasteiger partial charge in [0.1, 0.15) is 11.6 Å². The van der Waals surface area contributed by atoms with Crippen molar-refractivity contribution in [1.82, 2.24) is 0 Å². The first-order valence-electron chi connectivity index (χ1n) is 7.49. The molecule has 24 heavy (non-hydrogen) atoms. The van der Waals surface area contributed by atoms with E-state index in [4.69, 9.17) is 22.1 Å². The number of halogens is 2. The lowest BCUT2D eigenvalue weighted by Crippen LogP contribution is -2.28. The first kappa shape index (κ1) is 18.1. The number of ether oxygens (including phenoxy) is 1. The maximum absolute atomic E-state index is 14.0. The lowest BCUT2D eigenvalue weighted by atomic mass is 9.84. The van der Waals surface area contributed by atoms with Gasteiger partial charge >= 0.3 is 0 Å². The lowest BCUT2D eigenvalue weighted by molar-refractivity contribution is 0.415. The van der Waals surface area contributed by atoms with E-state index in [2.05, 4.69) is 10.3 Å². The molecule has 0 unspecified atom stereocenters. The Kier molecular flexibility index (Phi) is 5.67. The van der Waals surface area contributed by atoms with Crippen LogP contribution in [0.3, 0.4) is 0 Å². The van der Waals surface area contributed by atoms with Gasteiger partial charge in [0, 0.05) is 11.1 Å². The smallest absolute Gasteiger partial charge is 0.193 e. The molecule has 0 amide bonds. The maximum Gasteiger partial charge on any atom is 0.193 e. The molecule has 0 saturated carbocycles. The van der Waals surface area contributed by atoms with Gasteiger partial charge in [-0.1, -0.05) is 43.6 Å². The second-order valence-corrected chi connectivity index (χ2v) is 6.45. The van der Waals surface area contributed by atoms with Crippen molar-refractivity contribution < 1.29 is 9.13 Å². The average Bonchev–Trinajstić information content (AvgIpc) is 2.53. The van der Waals surface area contributed by atoms with Crippen LogP contribution in [0.2, 0.25) is 5.02 Å². The Morgan fingerprint density at radius 3 is 2.62 bits per heavy atom. The standard InChI is InChI=1S/C18H21ClFN3O/c1-18(2,13-6-4-5-7-15(13)20)11-22-17(21)23-12-8-9-16(24-3)14(19)10-12/h4-10H,11H2,1-3H3,(H3,21,22,23). The van der Waals surface area contributed by atoms with E-state index in [9.17, 15) is 4.39 Å². The van der Waals surface area contributed by atoms with E-state index in [0.717, 1.165) is 0 Å². The molecule has 0 spiro atoms. The molecule has 0 saturated heterocycles. The van der Waals surface area contributed by atoms with Gasteiger partial charge in [0.05, 0.1) is 18.7 Å². The minimum Gasteiger partial charge on any atom is -0.495 e. The Morgan fingerprint density at radius 2 is 2.00 bits per heavy atom. The van der Waals surface area contributed by atoms with Crippen LogP contribution in [0.5, 0.6) is 5.75 Å². The number of benzene rings is 2. The highest BCUT2D eigenvalue weighted by Gasteiger charge is 2.23. The van der Waals surface area contributed by atoms with Gasteiger partial charge in [-0.3, -0.25) is 4.99 Å². The molecule has 2 aromatic rings. The maximum atomic E-state index is 14.0. The number of hydrogen-bond donors (Lipinski definition) is 2. The second kappa shape index (κ2) is 7.53. The van der Waals surface area contributed by atoms with E-state index in [1.54, 1.807) is 37.4 Å². The van der Waals surface area contributed by atoms with Crippen molar-refractivity contribution in [2.75, 3.05) is 19.0 Å². The summed E-state index contributed by atoms with van der Waals surface area (Å²) in [5.74, 6) is 0.574. The fraction of sp³-hybridized carbons (Fsp3) is 0.278. The number of hydrogen-bond acceptors (Lipinski definition) is 2. The van der Waals surface area contributed by atoms with Gasteiger partial charge in [0.15, 0.2) is 5.96 Å². The van der Waals surface area contributed by atoms with Crippen LogP contribution in [0, 0.1) is 5.82 Å². The third kappa shape index (κ3) is 4.38. The quantitative estimate of drug-likeness (QED) is 0.628.